The number of halogens is 3. The fourth-order valence-corrected chi connectivity index (χ4v) is 2.84. The minimum absolute atomic E-state index is 0.423. The van der Waals surface area contributed by atoms with Crippen LogP contribution in [0.5, 0.6) is 11.5 Å². The maximum atomic E-state index is 13.1. The van der Waals surface area contributed by atoms with Crippen LogP contribution in [-0.4, -0.2) is 51.5 Å². The highest BCUT2D eigenvalue weighted by Gasteiger charge is 2.38. The molecule has 2 rings (SSSR count). The zero-order chi connectivity index (χ0) is 16.2. The molecule has 0 bridgehead atoms. The minimum atomic E-state index is -4.26. The van der Waals surface area contributed by atoms with E-state index in [1.165, 1.54) is 14.2 Å². The van der Waals surface area contributed by atoms with Gasteiger partial charge in [-0.2, -0.15) is 13.2 Å². The Morgan fingerprint density at radius 1 is 1.14 bits per heavy atom. The van der Waals surface area contributed by atoms with Crippen molar-refractivity contribution in [3.8, 4) is 11.5 Å². The van der Waals surface area contributed by atoms with E-state index in [0.717, 1.165) is 0 Å². The standard InChI is InChI=1S/C15H21F3N2O2/c1-21-12-4-3-5-13(22-2)14(12)11(10-15(16,17)18)20-8-6-19-7-9-20/h3-5,11,19H,6-10H2,1-2H3/t11-/m1/s1. The van der Waals surface area contributed by atoms with Crippen LogP contribution >= 0.6 is 0 Å². The predicted octanol–water partition coefficient (Wildman–Crippen LogP) is 2.60. The van der Waals surface area contributed by atoms with Gasteiger partial charge < -0.3 is 14.8 Å². The van der Waals surface area contributed by atoms with Crippen LogP contribution in [0.2, 0.25) is 0 Å². The smallest absolute Gasteiger partial charge is 0.390 e. The van der Waals surface area contributed by atoms with Gasteiger partial charge in [0.1, 0.15) is 11.5 Å². The summed E-state index contributed by atoms with van der Waals surface area (Å²) in [6, 6.07) is 4.24. The molecule has 4 nitrogen and oxygen atoms in total. The molecule has 124 valence electrons. The van der Waals surface area contributed by atoms with Crippen molar-refractivity contribution in [2.24, 2.45) is 0 Å². The number of nitrogens with one attached hydrogen (secondary N) is 1. The highest BCUT2D eigenvalue weighted by Crippen LogP contribution is 2.42. The highest BCUT2D eigenvalue weighted by atomic mass is 19.4. The molecule has 22 heavy (non-hydrogen) atoms. The molecule has 7 heteroatoms. The van der Waals surface area contributed by atoms with Crippen molar-refractivity contribution >= 4 is 0 Å². The summed E-state index contributed by atoms with van der Waals surface area (Å²) in [5.41, 5.74) is 0.465. The number of nitrogens with zero attached hydrogens (tertiary/aromatic N) is 1. The van der Waals surface area contributed by atoms with Gasteiger partial charge in [0.25, 0.3) is 0 Å². The number of methoxy groups -OCH3 is 2. The molecule has 0 aromatic heterocycles. The molecule has 1 aliphatic rings. The van der Waals surface area contributed by atoms with Gasteiger partial charge >= 0.3 is 6.18 Å². The van der Waals surface area contributed by atoms with E-state index in [9.17, 15) is 13.2 Å². The lowest BCUT2D eigenvalue weighted by Gasteiger charge is -2.36. The van der Waals surface area contributed by atoms with Gasteiger partial charge in [-0.1, -0.05) is 6.07 Å². The fraction of sp³-hybridized carbons (Fsp3) is 0.600. The van der Waals surface area contributed by atoms with Gasteiger partial charge in [0, 0.05) is 26.2 Å². The van der Waals surface area contributed by atoms with Crippen LogP contribution in [0.25, 0.3) is 0 Å². The molecule has 0 aliphatic carbocycles. The van der Waals surface area contributed by atoms with E-state index in [1.54, 1.807) is 18.2 Å². The number of hydrogen-bond donors (Lipinski definition) is 1. The molecule has 1 N–H and O–H groups in total. The summed E-state index contributed by atoms with van der Waals surface area (Å²) in [5, 5.41) is 3.16. The molecule has 1 aromatic rings. The Morgan fingerprint density at radius 3 is 2.14 bits per heavy atom. The molecule has 1 aromatic carbocycles. The Hall–Kier alpha value is -1.47. The maximum Gasteiger partial charge on any atom is 0.390 e. The second-order valence-electron chi connectivity index (χ2n) is 5.20. The SMILES string of the molecule is COc1cccc(OC)c1[C@@H](CC(F)(F)F)N1CCNCC1. The van der Waals surface area contributed by atoms with Crippen molar-refractivity contribution in [1.82, 2.24) is 10.2 Å². The van der Waals surface area contributed by atoms with Crippen molar-refractivity contribution in [1.29, 1.82) is 0 Å². The number of hydrogen-bond acceptors (Lipinski definition) is 4. The van der Waals surface area contributed by atoms with Crippen LogP contribution in [0.1, 0.15) is 18.0 Å². The molecule has 1 fully saturated rings. The number of alkyl halides is 3. The Balaban J connectivity index is 2.43. The second kappa shape index (κ2) is 7.19. The topological polar surface area (TPSA) is 33.7 Å². The lowest BCUT2D eigenvalue weighted by atomic mass is 9.98. The number of ether oxygens (including phenoxy) is 2. The van der Waals surface area contributed by atoms with Crippen LogP contribution in [0.15, 0.2) is 18.2 Å². The summed E-state index contributed by atoms with van der Waals surface area (Å²) in [7, 11) is 2.92. The summed E-state index contributed by atoms with van der Waals surface area (Å²) in [6.45, 7) is 2.46. The number of benzene rings is 1. The summed E-state index contributed by atoms with van der Waals surface area (Å²) in [6.07, 6.45) is -5.19. The van der Waals surface area contributed by atoms with Gasteiger partial charge in [-0.05, 0) is 12.1 Å². The average Bonchev–Trinajstić information content (AvgIpc) is 2.52. The maximum absolute atomic E-state index is 13.1. The second-order valence-corrected chi connectivity index (χ2v) is 5.20. The molecule has 0 saturated carbocycles. The summed E-state index contributed by atoms with van der Waals surface area (Å²) >= 11 is 0. The molecule has 1 atom stereocenters. The van der Waals surface area contributed by atoms with E-state index in [-0.39, 0.29) is 0 Å². The van der Waals surface area contributed by atoms with Crippen molar-refractivity contribution < 1.29 is 22.6 Å². The molecule has 1 aliphatic heterocycles. The first-order valence-electron chi connectivity index (χ1n) is 7.18. The van der Waals surface area contributed by atoms with Crippen LogP contribution in [0.4, 0.5) is 13.2 Å². The van der Waals surface area contributed by atoms with Gasteiger partial charge in [-0.25, -0.2) is 0 Å². The van der Waals surface area contributed by atoms with Crippen LogP contribution < -0.4 is 14.8 Å². The lowest BCUT2D eigenvalue weighted by Crippen LogP contribution is -2.46. The number of piperazine rings is 1. The van der Waals surface area contributed by atoms with Crippen LogP contribution in [0.3, 0.4) is 0 Å². The third-order valence-electron chi connectivity index (χ3n) is 3.82. The first kappa shape index (κ1) is 16.9. The number of rotatable bonds is 5. The van der Waals surface area contributed by atoms with Crippen molar-refractivity contribution in [3.63, 3.8) is 0 Å². The van der Waals surface area contributed by atoms with E-state index in [2.05, 4.69) is 5.32 Å². The Bertz CT molecular complexity index is 466. The summed E-state index contributed by atoms with van der Waals surface area (Å²) < 4.78 is 49.9. The molecule has 0 amide bonds. The van der Waals surface area contributed by atoms with Gasteiger partial charge in [-0.15, -0.1) is 0 Å². The molecular formula is C15H21F3N2O2. The van der Waals surface area contributed by atoms with Crippen LogP contribution in [-0.2, 0) is 0 Å². The average molecular weight is 318 g/mol. The normalized spacial score (nSPS) is 18.0. The Labute approximate surface area is 128 Å². The van der Waals surface area contributed by atoms with Gasteiger partial charge in [0.2, 0.25) is 0 Å². The zero-order valence-electron chi connectivity index (χ0n) is 12.7. The van der Waals surface area contributed by atoms with E-state index in [1.807, 2.05) is 4.90 Å². The predicted molar refractivity (Wildman–Crippen MR) is 77.4 cm³/mol. The van der Waals surface area contributed by atoms with Gasteiger partial charge in [0.05, 0.1) is 32.2 Å². The highest BCUT2D eigenvalue weighted by molar-refractivity contribution is 5.47. The monoisotopic (exact) mass is 318 g/mol. The molecule has 0 spiro atoms. The van der Waals surface area contributed by atoms with E-state index in [0.29, 0.717) is 43.2 Å². The molecule has 0 unspecified atom stereocenters. The molecule has 0 radical (unpaired) electrons. The van der Waals surface area contributed by atoms with Gasteiger partial charge in [-0.3, -0.25) is 4.90 Å². The zero-order valence-corrected chi connectivity index (χ0v) is 12.7. The molecular weight excluding hydrogens is 297 g/mol. The molecule has 1 heterocycles. The molecule has 1 saturated heterocycles. The van der Waals surface area contributed by atoms with Crippen LogP contribution in [0, 0.1) is 0 Å². The van der Waals surface area contributed by atoms with E-state index in [4.69, 9.17) is 9.47 Å². The summed E-state index contributed by atoms with van der Waals surface area (Å²) in [4.78, 5) is 1.84. The lowest BCUT2D eigenvalue weighted by molar-refractivity contribution is -0.149. The van der Waals surface area contributed by atoms with E-state index < -0.39 is 18.6 Å². The Morgan fingerprint density at radius 2 is 1.68 bits per heavy atom. The van der Waals surface area contributed by atoms with Crippen molar-refractivity contribution in [2.75, 3.05) is 40.4 Å². The minimum Gasteiger partial charge on any atom is -0.496 e. The Kier molecular flexibility index (Phi) is 5.52. The summed E-state index contributed by atoms with van der Waals surface area (Å²) in [5.74, 6) is 0.847. The first-order chi connectivity index (χ1) is 10.5. The largest absolute Gasteiger partial charge is 0.496 e. The quantitative estimate of drug-likeness (QED) is 0.905. The first-order valence-corrected chi connectivity index (χ1v) is 7.18. The van der Waals surface area contributed by atoms with E-state index >= 15 is 0 Å². The third kappa shape index (κ3) is 4.04. The van der Waals surface area contributed by atoms with Crippen molar-refractivity contribution in [3.05, 3.63) is 23.8 Å². The van der Waals surface area contributed by atoms with Crippen molar-refractivity contribution in [2.45, 2.75) is 18.6 Å². The third-order valence-corrected chi connectivity index (χ3v) is 3.82. The van der Waals surface area contributed by atoms with Gasteiger partial charge in [0.15, 0.2) is 0 Å². The fourth-order valence-electron chi connectivity index (χ4n) is 2.84.